The van der Waals surface area contributed by atoms with E-state index >= 15 is 0 Å². The van der Waals surface area contributed by atoms with Gasteiger partial charge in [-0.25, -0.2) is 0 Å². The zero-order valence-corrected chi connectivity index (χ0v) is 10.5. The van der Waals surface area contributed by atoms with E-state index in [9.17, 15) is 4.57 Å². The Balaban J connectivity index is 2.32. The molecule has 0 amide bonds. The van der Waals surface area contributed by atoms with Crippen LogP contribution in [0.3, 0.4) is 0 Å². The summed E-state index contributed by atoms with van der Waals surface area (Å²) in [6.45, 7) is 3.44. The highest BCUT2D eigenvalue weighted by molar-refractivity contribution is 7.63. The van der Waals surface area contributed by atoms with Crippen molar-refractivity contribution in [2.45, 2.75) is 0 Å². The lowest BCUT2D eigenvalue weighted by Gasteiger charge is -2.08. The molecular weight excluding hydrogens is 247 g/mol. The minimum absolute atomic E-state index is 0.151. The van der Waals surface area contributed by atoms with Gasteiger partial charge in [-0.1, -0.05) is 61.2 Å². The Morgan fingerprint density at radius 2 is 1.39 bits per heavy atom. The fraction of sp³-hybridized carbons (Fsp3) is 0. The van der Waals surface area contributed by atoms with Crippen LogP contribution in [0.2, 0.25) is 0 Å². The first-order chi connectivity index (χ1) is 8.48. The Kier molecular flexibility index (Phi) is 3.48. The maximum Gasteiger partial charge on any atom is 0.356 e. The first kappa shape index (κ1) is 12.8. The van der Waals surface area contributed by atoms with Gasteiger partial charge in [-0.05, 0) is 16.7 Å². The Morgan fingerprint density at radius 3 is 1.89 bits per heavy atom. The van der Waals surface area contributed by atoms with Crippen LogP contribution >= 0.6 is 7.60 Å². The normalized spacial score (nSPS) is 11.2. The van der Waals surface area contributed by atoms with Gasteiger partial charge in [0.05, 0.1) is 5.31 Å². The van der Waals surface area contributed by atoms with Gasteiger partial charge < -0.3 is 9.79 Å². The second-order valence-corrected chi connectivity index (χ2v) is 5.56. The molecule has 0 unspecified atom stereocenters. The van der Waals surface area contributed by atoms with Gasteiger partial charge in [0.15, 0.2) is 0 Å². The van der Waals surface area contributed by atoms with Crippen LogP contribution in [0, 0.1) is 0 Å². The van der Waals surface area contributed by atoms with Crippen LogP contribution in [0.5, 0.6) is 0 Å². The van der Waals surface area contributed by atoms with Crippen molar-refractivity contribution in [1.29, 1.82) is 0 Å². The van der Waals surface area contributed by atoms with Crippen LogP contribution in [0.25, 0.3) is 16.4 Å². The molecule has 0 aliphatic carbocycles. The third kappa shape index (κ3) is 2.77. The number of hydrogen-bond donors (Lipinski definition) is 2. The van der Waals surface area contributed by atoms with E-state index in [2.05, 4.69) is 6.58 Å². The van der Waals surface area contributed by atoms with Crippen molar-refractivity contribution in [3.8, 4) is 11.1 Å². The van der Waals surface area contributed by atoms with E-state index in [0.29, 0.717) is 5.56 Å². The average Bonchev–Trinajstić information content (AvgIpc) is 2.38. The molecule has 0 aliphatic heterocycles. The molecule has 4 heteroatoms. The highest BCUT2D eigenvalue weighted by atomic mass is 31.2. The lowest BCUT2D eigenvalue weighted by molar-refractivity contribution is 0.388. The number of hydrogen-bond acceptors (Lipinski definition) is 1. The van der Waals surface area contributed by atoms with Gasteiger partial charge in [-0.15, -0.1) is 0 Å². The molecule has 0 radical (unpaired) electrons. The summed E-state index contributed by atoms with van der Waals surface area (Å²) in [6.07, 6.45) is 0. The fourth-order valence-corrected chi connectivity index (χ4v) is 2.14. The van der Waals surface area contributed by atoms with Crippen molar-refractivity contribution >= 4 is 12.9 Å². The molecule has 0 fully saturated rings. The van der Waals surface area contributed by atoms with Crippen LogP contribution in [-0.2, 0) is 4.57 Å². The molecular formula is C14H13O3P. The lowest BCUT2D eigenvalue weighted by atomic mass is 10.0. The zero-order valence-electron chi connectivity index (χ0n) is 9.65. The number of rotatable bonds is 3. The van der Waals surface area contributed by atoms with E-state index in [4.69, 9.17) is 9.79 Å². The molecule has 0 aromatic heterocycles. The van der Waals surface area contributed by atoms with Crippen molar-refractivity contribution in [3.05, 3.63) is 66.7 Å². The summed E-state index contributed by atoms with van der Waals surface area (Å²) in [4.78, 5) is 18.1. The molecule has 3 nitrogen and oxygen atoms in total. The molecule has 2 aromatic rings. The smallest absolute Gasteiger partial charge is 0.321 e. The predicted octanol–water partition coefficient (Wildman–Crippen LogP) is 3.50. The minimum Gasteiger partial charge on any atom is -0.321 e. The quantitative estimate of drug-likeness (QED) is 0.830. The van der Waals surface area contributed by atoms with Crippen molar-refractivity contribution in [2.24, 2.45) is 0 Å². The second-order valence-electron chi connectivity index (χ2n) is 3.93. The second kappa shape index (κ2) is 4.91. The van der Waals surface area contributed by atoms with Gasteiger partial charge in [0.1, 0.15) is 0 Å². The summed E-state index contributed by atoms with van der Waals surface area (Å²) in [5.74, 6) is 0. The van der Waals surface area contributed by atoms with Crippen molar-refractivity contribution in [3.63, 3.8) is 0 Å². The topological polar surface area (TPSA) is 57.5 Å². The highest BCUT2D eigenvalue weighted by Crippen LogP contribution is 2.49. The van der Waals surface area contributed by atoms with Crippen LogP contribution in [0.4, 0.5) is 0 Å². The van der Waals surface area contributed by atoms with E-state index in [1.165, 1.54) is 0 Å². The fourth-order valence-electron chi connectivity index (χ4n) is 1.65. The first-order valence-corrected chi connectivity index (χ1v) is 7.00. The molecule has 0 saturated carbocycles. The maximum atomic E-state index is 11.1. The van der Waals surface area contributed by atoms with E-state index in [1.54, 1.807) is 12.1 Å². The number of benzene rings is 2. The molecule has 2 rings (SSSR count). The van der Waals surface area contributed by atoms with Gasteiger partial charge in [-0.2, -0.15) is 0 Å². The van der Waals surface area contributed by atoms with Crippen LogP contribution < -0.4 is 0 Å². The van der Waals surface area contributed by atoms with E-state index in [1.807, 2.05) is 42.5 Å². The van der Waals surface area contributed by atoms with Gasteiger partial charge in [0.2, 0.25) is 0 Å². The summed E-state index contributed by atoms with van der Waals surface area (Å²) < 4.78 is 11.1. The Bertz CT molecular complexity index is 597. The summed E-state index contributed by atoms with van der Waals surface area (Å²) >= 11 is 0. The van der Waals surface area contributed by atoms with Crippen LogP contribution in [-0.4, -0.2) is 9.79 Å². The summed E-state index contributed by atoms with van der Waals surface area (Å²) in [7, 11) is -4.26. The molecule has 0 bridgehead atoms. The molecule has 2 aromatic carbocycles. The summed E-state index contributed by atoms with van der Waals surface area (Å²) in [5.41, 5.74) is 2.52. The Morgan fingerprint density at radius 1 is 0.889 bits per heavy atom. The lowest BCUT2D eigenvalue weighted by Crippen LogP contribution is -1.85. The summed E-state index contributed by atoms with van der Waals surface area (Å²) in [5, 5.41) is -0.151. The van der Waals surface area contributed by atoms with Crippen molar-refractivity contribution in [2.75, 3.05) is 0 Å². The molecule has 0 spiro atoms. The van der Waals surface area contributed by atoms with E-state index in [-0.39, 0.29) is 5.31 Å². The van der Waals surface area contributed by atoms with Crippen molar-refractivity contribution in [1.82, 2.24) is 0 Å². The van der Waals surface area contributed by atoms with Gasteiger partial charge >= 0.3 is 7.60 Å². The van der Waals surface area contributed by atoms with Gasteiger partial charge in [0.25, 0.3) is 0 Å². The molecule has 18 heavy (non-hydrogen) atoms. The summed E-state index contributed by atoms with van der Waals surface area (Å²) in [6, 6.07) is 16.8. The van der Waals surface area contributed by atoms with E-state index in [0.717, 1.165) is 11.1 Å². The molecule has 0 heterocycles. The molecule has 92 valence electrons. The van der Waals surface area contributed by atoms with E-state index < -0.39 is 7.60 Å². The first-order valence-electron chi connectivity index (χ1n) is 5.39. The largest absolute Gasteiger partial charge is 0.356 e. The molecule has 2 N–H and O–H groups in total. The zero-order chi connectivity index (χ0) is 13.2. The third-order valence-electron chi connectivity index (χ3n) is 2.68. The van der Waals surface area contributed by atoms with Gasteiger partial charge in [-0.3, -0.25) is 4.57 Å². The Hall–Kier alpha value is -1.67. The molecule has 0 saturated heterocycles. The van der Waals surface area contributed by atoms with Crippen LogP contribution in [0.15, 0.2) is 61.2 Å². The third-order valence-corrected chi connectivity index (χ3v) is 3.64. The van der Waals surface area contributed by atoms with Crippen LogP contribution in [0.1, 0.15) is 5.56 Å². The average molecular weight is 260 g/mol. The Labute approximate surface area is 106 Å². The van der Waals surface area contributed by atoms with Gasteiger partial charge in [0, 0.05) is 0 Å². The van der Waals surface area contributed by atoms with Crippen molar-refractivity contribution < 1.29 is 14.4 Å². The SMILES string of the molecule is C=C(c1ccc(-c2ccccc2)cc1)P(=O)(O)O. The standard InChI is InChI=1S/C14H13O3P/c1-11(18(15,16)17)12-7-9-14(10-8-12)13-5-3-2-4-6-13/h2-10H,1H2,(H2,15,16,17). The minimum atomic E-state index is -4.26. The monoisotopic (exact) mass is 260 g/mol. The highest BCUT2D eigenvalue weighted by Gasteiger charge is 2.19. The predicted molar refractivity (Wildman–Crippen MR) is 73.0 cm³/mol. The maximum absolute atomic E-state index is 11.1. The molecule has 0 aliphatic rings. The molecule has 0 atom stereocenters.